The zero-order chi connectivity index (χ0) is 6.85. The molecule has 0 aromatic carbocycles. The third kappa shape index (κ3) is 1.52. The van der Waals surface area contributed by atoms with Crippen molar-refractivity contribution in [1.29, 1.82) is 0 Å². The summed E-state index contributed by atoms with van der Waals surface area (Å²) >= 11 is 0. The molecule has 9 heavy (non-hydrogen) atoms. The van der Waals surface area contributed by atoms with Crippen molar-refractivity contribution in [3.05, 3.63) is 0 Å². The van der Waals surface area contributed by atoms with Gasteiger partial charge in [-0.05, 0) is 12.1 Å². The van der Waals surface area contributed by atoms with Gasteiger partial charge in [-0.25, -0.2) is 0 Å². The molecular weight excluding hydrogens is 131 g/mol. The van der Waals surface area contributed by atoms with E-state index in [1.165, 1.54) is 0 Å². The Morgan fingerprint density at radius 3 is 2.56 bits per heavy atom. The van der Waals surface area contributed by atoms with Crippen LogP contribution in [0.25, 0.3) is 0 Å². The van der Waals surface area contributed by atoms with Gasteiger partial charge in [-0.15, -0.1) is 8.58 Å². The van der Waals surface area contributed by atoms with Gasteiger partial charge in [0.25, 0.3) is 0 Å². The molecule has 1 aliphatic rings. The van der Waals surface area contributed by atoms with Gasteiger partial charge in [-0.1, -0.05) is 13.8 Å². The van der Waals surface area contributed by atoms with Gasteiger partial charge in [0.15, 0.2) is 0 Å². The van der Waals surface area contributed by atoms with Gasteiger partial charge in [-0.3, -0.25) is 4.79 Å². The molecule has 0 aliphatic carbocycles. The van der Waals surface area contributed by atoms with E-state index < -0.39 is 0 Å². The number of carbonyl (C=O) groups is 1. The molecule has 0 N–H and O–H groups in total. The number of hydrogen-bond acceptors (Lipinski definition) is 1. The summed E-state index contributed by atoms with van der Waals surface area (Å²) in [6.45, 7) is 4.27. The van der Waals surface area contributed by atoms with Crippen LogP contribution in [0.2, 0.25) is 0 Å². The van der Waals surface area contributed by atoms with Crippen molar-refractivity contribution in [2.45, 2.75) is 13.8 Å². The summed E-state index contributed by atoms with van der Waals surface area (Å²) in [4.78, 5) is 11.0. The monoisotopic (exact) mass is 144 g/mol. The molecule has 0 amide bonds. The Bertz CT molecular complexity index is 120. The van der Waals surface area contributed by atoms with E-state index in [1.54, 1.807) is 0 Å². The van der Waals surface area contributed by atoms with E-state index in [2.05, 4.69) is 13.8 Å². The molecule has 0 radical (unpaired) electrons. The quantitative estimate of drug-likeness (QED) is 0.510. The summed E-state index contributed by atoms with van der Waals surface area (Å²) in [5.74, 6) is 1.49. The largest absolute Gasteiger partial charge is 0.299 e. The highest BCUT2D eigenvalue weighted by molar-refractivity contribution is 7.40. The smallest absolute Gasteiger partial charge is 0.140 e. The van der Waals surface area contributed by atoms with Crippen molar-refractivity contribution in [2.75, 3.05) is 12.3 Å². The zero-order valence-electron chi connectivity index (χ0n) is 5.98. The Hall–Kier alpha value is 0.100. The Morgan fingerprint density at radius 1 is 1.67 bits per heavy atom. The summed E-state index contributed by atoms with van der Waals surface area (Å²) in [5.41, 5.74) is 0. The summed E-state index contributed by atoms with van der Waals surface area (Å²) in [7, 11) is 0.913. The maximum absolute atomic E-state index is 11.0. The van der Waals surface area contributed by atoms with Crippen LogP contribution >= 0.6 is 8.58 Å². The molecule has 2 unspecified atom stereocenters. The van der Waals surface area contributed by atoms with Crippen LogP contribution in [-0.2, 0) is 4.79 Å². The average Bonchev–Trinajstić information content (AvgIpc) is 2.13. The summed E-state index contributed by atoms with van der Waals surface area (Å²) in [6, 6.07) is 0. The van der Waals surface area contributed by atoms with Crippen LogP contribution in [-0.4, -0.2) is 18.1 Å². The number of ketones is 1. The molecule has 0 saturated carbocycles. The normalized spacial score (nSPS) is 30.6. The fourth-order valence-electron chi connectivity index (χ4n) is 1.20. The first-order chi connectivity index (χ1) is 4.22. The van der Waals surface area contributed by atoms with Crippen molar-refractivity contribution < 1.29 is 4.79 Å². The maximum Gasteiger partial charge on any atom is 0.140 e. The molecule has 0 bridgehead atoms. The molecule has 0 aromatic rings. The summed E-state index contributed by atoms with van der Waals surface area (Å²) in [6.07, 6.45) is 2.03. The van der Waals surface area contributed by atoms with Gasteiger partial charge in [-0.2, -0.15) is 0 Å². The summed E-state index contributed by atoms with van der Waals surface area (Å²) < 4.78 is 0. The maximum atomic E-state index is 11.0. The van der Waals surface area contributed by atoms with Gasteiger partial charge in [0, 0.05) is 12.1 Å². The van der Waals surface area contributed by atoms with E-state index in [0.717, 1.165) is 20.9 Å². The minimum absolute atomic E-state index is 0.406. The number of rotatable bonds is 1. The number of hydrogen-bond donors (Lipinski definition) is 0. The molecule has 52 valence electrons. The molecule has 1 fully saturated rings. The van der Waals surface area contributed by atoms with Gasteiger partial charge in [0.1, 0.15) is 5.78 Å². The Morgan fingerprint density at radius 2 is 2.33 bits per heavy atom. The van der Waals surface area contributed by atoms with Crippen LogP contribution in [0.15, 0.2) is 0 Å². The van der Waals surface area contributed by atoms with Crippen LogP contribution in [0, 0.1) is 11.8 Å². The average molecular weight is 144 g/mol. The van der Waals surface area contributed by atoms with Gasteiger partial charge in [0.05, 0.1) is 0 Å². The molecular formula is C7H13OP. The lowest BCUT2D eigenvalue weighted by Crippen LogP contribution is -2.16. The van der Waals surface area contributed by atoms with Crippen molar-refractivity contribution >= 4 is 14.4 Å². The minimum atomic E-state index is 0.406. The Labute approximate surface area is 58.0 Å². The molecule has 1 nitrogen and oxygen atoms in total. The van der Waals surface area contributed by atoms with Crippen LogP contribution in [0.4, 0.5) is 0 Å². The molecule has 2 atom stereocenters. The lowest BCUT2D eigenvalue weighted by molar-refractivity contribution is -0.120. The molecule has 1 aliphatic heterocycles. The standard InChI is InChI=1S/C7H13OP/c1-5(2)6-3-9-4-7(6)8/h5-6,9H,3-4H2,1-2H3. The highest BCUT2D eigenvalue weighted by Crippen LogP contribution is 2.30. The van der Waals surface area contributed by atoms with Crippen molar-refractivity contribution in [3.8, 4) is 0 Å². The third-order valence-electron chi connectivity index (χ3n) is 1.88. The highest BCUT2D eigenvalue weighted by atomic mass is 31.1. The number of Topliss-reactive ketones (excluding diaryl/α,β-unsaturated/α-hetero) is 1. The molecule has 0 aromatic heterocycles. The first-order valence-corrected chi connectivity index (χ1v) is 4.86. The van der Waals surface area contributed by atoms with Crippen LogP contribution in [0.1, 0.15) is 13.8 Å². The molecule has 0 spiro atoms. The fourth-order valence-corrected chi connectivity index (χ4v) is 2.87. The van der Waals surface area contributed by atoms with Crippen LogP contribution < -0.4 is 0 Å². The predicted octanol–water partition coefficient (Wildman–Crippen LogP) is 1.52. The van der Waals surface area contributed by atoms with E-state index in [-0.39, 0.29) is 0 Å². The second-order valence-electron chi connectivity index (χ2n) is 2.95. The number of carbonyl (C=O) groups excluding carboxylic acids is 1. The molecule has 2 heteroatoms. The second-order valence-corrected chi connectivity index (χ2v) is 4.21. The first-order valence-electron chi connectivity index (χ1n) is 3.45. The van der Waals surface area contributed by atoms with E-state index in [1.807, 2.05) is 0 Å². The first kappa shape index (κ1) is 7.21. The lowest BCUT2D eigenvalue weighted by Gasteiger charge is -2.09. The molecule has 1 heterocycles. The Kier molecular flexibility index (Phi) is 2.23. The van der Waals surface area contributed by atoms with E-state index in [9.17, 15) is 4.79 Å². The van der Waals surface area contributed by atoms with E-state index in [4.69, 9.17) is 0 Å². The summed E-state index contributed by atoms with van der Waals surface area (Å²) in [5, 5.41) is 0. The second kappa shape index (κ2) is 2.79. The minimum Gasteiger partial charge on any atom is -0.299 e. The fraction of sp³-hybridized carbons (Fsp3) is 0.857. The topological polar surface area (TPSA) is 17.1 Å². The van der Waals surface area contributed by atoms with Crippen LogP contribution in [0.5, 0.6) is 0 Å². The third-order valence-corrected chi connectivity index (χ3v) is 3.21. The van der Waals surface area contributed by atoms with Crippen molar-refractivity contribution in [1.82, 2.24) is 0 Å². The Balaban J connectivity index is 2.49. The predicted molar refractivity (Wildman–Crippen MR) is 41.4 cm³/mol. The molecule has 1 saturated heterocycles. The van der Waals surface area contributed by atoms with Gasteiger partial charge < -0.3 is 0 Å². The van der Waals surface area contributed by atoms with E-state index in [0.29, 0.717) is 17.6 Å². The van der Waals surface area contributed by atoms with Crippen LogP contribution in [0.3, 0.4) is 0 Å². The van der Waals surface area contributed by atoms with Gasteiger partial charge in [0.2, 0.25) is 0 Å². The zero-order valence-corrected chi connectivity index (χ0v) is 6.98. The highest BCUT2D eigenvalue weighted by Gasteiger charge is 2.26. The van der Waals surface area contributed by atoms with Crippen molar-refractivity contribution in [2.24, 2.45) is 11.8 Å². The lowest BCUT2D eigenvalue weighted by atomic mass is 9.95. The van der Waals surface area contributed by atoms with E-state index >= 15 is 0 Å². The van der Waals surface area contributed by atoms with Gasteiger partial charge >= 0.3 is 0 Å². The van der Waals surface area contributed by atoms with Crippen molar-refractivity contribution in [3.63, 3.8) is 0 Å². The SMILES string of the molecule is CC(C)C1CPCC1=O. The molecule has 1 rings (SSSR count).